The molecule has 4 heteroatoms. The lowest BCUT2D eigenvalue weighted by Crippen LogP contribution is -2.48. The maximum Gasteiger partial charge on any atom is 0.332 e. The average molecular weight is 365 g/mol. The Labute approximate surface area is 160 Å². The molecule has 1 aliphatic rings. The molecular weight excluding hydrogens is 338 g/mol. The van der Waals surface area contributed by atoms with Gasteiger partial charge in [0, 0.05) is 13.1 Å². The molecule has 1 saturated heterocycles. The summed E-state index contributed by atoms with van der Waals surface area (Å²) in [6.07, 6.45) is 2.69. The van der Waals surface area contributed by atoms with E-state index in [1.165, 1.54) is 0 Å². The fourth-order valence-corrected chi connectivity index (χ4v) is 3.92. The Morgan fingerprint density at radius 2 is 1.96 bits per heavy atom. The van der Waals surface area contributed by atoms with Crippen molar-refractivity contribution in [2.75, 3.05) is 19.6 Å². The molecule has 2 aromatic carbocycles. The maximum atomic E-state index is 11.7. The molecule has 1 fully saturated rings. The van der Waals surface area contributed by atoms with Gasteiger partial charge in [0.05, 0.1) is 5.57 Å². The van der Waals surface area contributed by atoms with Gasteiger partial charge in [-0.25, -0.2) is 4.79 Å². The van der Waals surface area contributed by atoms with Gasteiger partial charge in [0.15, 0.2) is 0 Å². The Hall–Kier alpha value is -2.59. The summed E-state index contributed by atoms with van der Waals surface area (Å²) < 4.78 is 0. The van der Waals surface area contributed by atoms with Crippen LogP contribution in [0.1, 0.15) is 31.4 Å². The summed E-state index contributed by atoms with van der Waals surface area (Å²) >= 11 is 0. The molecule has 1 heterocycles. The van der Waals surface area contributed by atoms with Crippen LogP contribution in [0.15, 0.2) is 60.2 Å². The normalized spacial score (nSPS) is 23.9. The number of phenolic OH excluding ortho intramolecular Hbond substituents is 1. The second-order valence-corrected chi connectivity index (χ2v) is 7.74. The molecule has 0 aliphatic carbocycles. The van der Waals surface area contributed by atoms with Crippen molar-refractivity contribution in [2.24, 2.45) is 5.92 Å². The van der Waals surface area contributed by atoms with Crippen LogP contribution in [0.3, 0.4) is 0 Å². The van der Waals surface area contributed by atoms with Crippen molar-refractivity contribution in [3.8, 4) is 5.75 Å². The summed E-state index contributed by atoms with van der Waals surface area (Å²) in [6.45, 7) is 6.53. The Morgan fingerprint density at radius 3 is 2.59 bits per heavy atom. The summed E-state index contributed by atoms with van der Waals surface area (Å²) in [5.74, 6) is -0.227. The fraction of sp³-hybridized carbons (Fsp3) is 0.348. The number of likely N-dealkylation sites (tertiary alicyclic amines) is 1. The molecule has 4 nitrogen and oxygen atoms in total. The summed E-state index contributed by atoms with van der Waals surface area (Å²) in [7, 11) is 0. The van der Waals surface area contributed by atoms with Crippen molar-refractivity contribution in [3.63, 3.8) is 0 Å². The minimum atomic E-state index is -0.868. The number of benzene rings is 2. The van der Waals surface area contributed by atoms with Crippen LogP contribution in [-0.2, 0) is 10.2 Å². The molecule has 3 rings (SSSR count). The largest absolute Gasteiger partial charge is 0.508 e. The van der Waals surface area contributed by atoms with E-state index in [0.29, 0.717) is 23.8 Å². The number of nitrogens with zero attached hydrogens (tertiary/aromatic N) is 1. The third-order valence-electron chi connectivity index (χ3n) is 5.88. The molecule has 27 heavy (non-hydrogen) atoms. The molecule has 0 radical (unpaired) electrons. The van der Waals surface area contributed by atoms with Gasteiger partial charge >= 0.3 is 5.97 Å². The molecule has 0 unspecified atom stereocenters. The van der Waals surface area contributed by atoms with Crippen LogP contribution in [0.4, 0.5) is 0 Å². The van der Waals surface area contributed by atoms with Gasteiger partial charge in [-0.05, 0) is 53.6 Å². The average Bonchev–Trinajstić information content (AvgIpc) is 2.65. The van der Waals surface area contributed by atoms with Gasteiger partial charge < -0.3 is 10.2 Å². The number of phenols is 1. The van der Waals surface area contributed by atoms with Crippen molar-refractivity contribution >= 4 is 12.0 Å². The minimum Gasteiger partial charge on any atom is -0.508 e. The standard InChI is InChI=1S/C23H27NO3/c1-17-15-24(12-11-23(17,2)20-9-6-10-21(25)14-20)16-19(22(26)27)13-18-7-4-3-5-8-18/h3-10,13-14,17,25H,11-12,15-16H2,1-2H3,(H,26,27)/t17-,23+/m0/s1. The minimum absolute atomic E-state index is 0.0260. The van der Waals surface area contributed by atoms with E-state index in [0.717, 1.165) is 30.6 Å². The smallest absolute Gasteiger partial charge is 0.332 e. The van der Waals surface area contributed by atoms with Crippen LogP contribution in [0.2, 0.25) is 0 Å². The highest BCUT2D eigenvalue weighted by Gasteiger charge is 2.38. The molecule has 2 aromatic rings. The van der Waals surface area contributed by atoms with Gasteiger partial charge in [-0.2, -0.15) is 0 Å². The van der Waals surface area contributed by atoms with Gasteiger partial charge in [0.2, 0.25) is 0 Å². The van der Waals surface area contributed by atoms with Crippen molar-refractivity contribution < 1.29 is 15.0 Å². The zero-order chi connectivity index (χ0) is 19.4. The van der Waals surface area contributed by atoms with Crippen LogP contribution >= 0.6 is 0 Å². The highest BCUT2D eigenvalue weighted by atomic mass is 16.4. The van der Waals surface area contributed by atoms with Crippen LogP contribution < -0.4 is 0 Å². The number of aliphatic carboxylic acids is 1. The van der Waals surface area contributed by atoms with Gasteiger partial charge in [-0.15, -0.1) is 0 Å². The topological polar surface area (TPSA) is 60.8 Å². The van der Waals surface area contributed by atoms with Crippen LogP contribution in [0.5, 0.6) is 5.75 Å². The highest BCUT2D eigenvalue weighted by molar-refractivity contribution is 5.92. The van der Waals surface area contributed by atoms with E-state index in [-0.39, 0.29) is 5.41 Å². The maximum absolute atomic E-state index is 11.7. The number of hydrogen-bond donors (Lipinski definition) is 2. The molecule has 0 aromatic heterocycles. The monoisotopic (exact) mass is 365 g/mol. The quantitative estimate of drug-likeness (QED) is 0.781. The molecule has 2 atom stereocenters. The second-order valence-electron chi connectivity index (χ2n) is 7.74. The fourth-order valence-electron chi connectivity index (χ4n) is 3.92. The van der Waals surface area contributed by atoms with Gasteiger partial charge in [0.25, 0.3) is 0 Å². The number of hydrogen-bond acceptors (Lipinski definition) is 3. The van der Waals surface area contributed by atoms with Crippen LogP contribution in [-0.4, -0.2) is 40.7 Å². The summed E-state index contributed by atoms with van der Waals surface area (Å²) in [4.78, 5) is 13.9. The predicted molar refractivity (Wildman–Crippen MR) is 108 cm³/mol. The first kappa shape index (κ1) is 19.2. The Kier molecular flexibility index (Phi) is 5.66. The number of rotatable bonds is 5. The van der Waals surface area contributed by atoms with Crippen LogP contribution in [0, 0.1) is 5.92 Å². The third-order valence-corrected chi connectivity index (χ3v) is 5.88. The van der Waals surface area contributed by atoms with E-state index < -0.39 is 5.97 Å². The first-order chi connectivity index (χ1) is 12.9. The third kappa shape index (κ3) is 4.40. The van der Waals surface area contributed by atoms with Crippen molar-refractivity contribution in [1.29, 1.82) is 0 Å². The molecule has 142 valence electrons. The summed E-state index contributed by atoms with van der Waals surface area (Å²) in [6, 6.07) is 17.1. The lowest BCUT2D eigenvalue weighted by molar-refractivity contribution is -0.132. The number of piperidine rings is 1. The predicted octanol–water partition coefficient (Wildman–Crippen LogP) is 4.16. The van der Waals surface area contributed by atoms with Gasteiger partial charge in [0.1, 0.15) is 5.75 Å². The van der Waals surface area contributed by atoms with Crippen molar-refractivity contribution in [3.05, 3.63) is 71.3 Å². The first-order valence-electron chi connectivity index (χ1n) is 9.39. The van der Waals surface area contributed by atoms with Crippen molar-refractivity contribution in [1.82, 2.24) is 4.90 Å². The Bertz CT molecular complexity index is 831. The molecule has 1 aliphatic heterocycles. The molecule has 0 amide bonds. The van der Waals surface area contributed by atoms with E-state index in [4.69, 9.17) is 0 Å². The number of carboxylic acids is 1. The first-order valence-corrected chi connectivity index (χ1v) is 9.39. The molecule has 2 N–H and O–H groups in total. The summed E-state index contributed by atoms with van der Waals surface area (Å²) in [5.41, 5.74) is 2.44. The molecule has 0 saturated carbocycles. The van der Waals surface area contributed by atoms with Gasteiger partial charge in [-0.3, -0.25) is 4.90 Å². The second kappa shape index (κ2) is 7.97. The lowest BCUT2D eigenvalue weighted by atomic mass is 9.68. The Balaban J connectivity index is 1.73. The van der Waals surface area contributed by atoms with E-state index in [1.807, 2.05) is 42.5 Å². The van der Waals surface area contributed by atoms with Crippen molar-refractivity contribution in [2.45, 2.75) is 25.7 Å². The van der Waals surface area contributed by atoms with Gasteiger partial charge in [-0.1, -0.05) is 56.3 Å². The molecule has 0 bridgehead atoms. The zero-order valence-corrected chi connectivity index (χ0v) is 15.9. The van der Waals surface area contributed by atoms with E-state index in [2.05, 4.69) is 24.8 Å². The Morgan fingerprint density at radius 1 is 1.22 bits per heavy atom. The molecular formula is C23H27NO3. The zero-order valence-electron chi connectivity index (χ0n) is 15.9. The summed E-state index contributed by atoms with van der Waals surface area (Å²) in [5, 5.41) is 19.5. The number of aromatic hydroxyl groups is 1. The SMILES string of the molecule is C[C@H]1CN(CC(=Cc2ccccc2)C(=O)O)CC[C@@]1(C)c1cccc(O)c1. The van der Waals surface area contributed by atoms with E-state index in [1.54, 1.807) is 12.1 Å². The van der Waals surface area contributed by atoms with E-state index in [9.17, 15) is 15.0 Å². The number of carbonyl (C=O) groups is 1. The number of carboxylic acid groups (broad SMARTS) is 1. The highest BCUT2D eigenvalue weighted by Crippen LogP contribution is 2.40. The molecule has 0 spiro atoms. The lowest BCUT2D eigenvalue weighted by Gasteiger charge is -2.45. The van der Waals surface area contributed by atoms with Crippen LogP contribution in [0.25, 0.3) is 6.08 Å². The van der Waals surface area contributed by atoms with E-state index >= 15 is 0 Å².